The predicted octanol–water partition coefficient (Wildman–Crippen LogP) is 2.64. The van der Waals surface area contributed by atoms with Gasteiger partial charge in [-0.2, -0.15) is 5.10 Å². The van der Waals surface area contributed by atoms with E-state index in [1.807, 2.05) is 0 Å². The van der Waals surface area contributed by atoms with E-state index in [9.17, 15) is 9.59 Å². The van der Waals surface area contributed by atoms with E-state index in [1.165, 1.54) is 10.3 Å². The molecule has 0 bridgehead atoms. The fourth-order valence-electron chi connectivity index (χ4n) is 2.71. The van der Waals surface area contributed by atoms with Crippen LogP contribution in [0, 0.1) is 0 Å². The molecular formula is C16H18N2O2. The Hall–Kier alpha value is -1.97. The molecule has 20 heavy (non-hydrogen) atoms. The molecule has 4 nitrogen and oxygen atoms in total. The second-order valence-electron chi connectivity index (χ2n) is 5.41. The van der Waals surface area contributed by atoms with Gasteiger partial charge in [0.25, 0.3) is 0 Å². The van der Waals surface area contributed by atoms with Gasteiger partial charge in [0.15, 0.2) is 0 Å². The van der Waals surface area contributed by atoms with Gasteiger partial charge in [-0.25, -0.2) is 4.68 Å². The first kappa shape index (κ1) is 13.0. The molecule has 4 heteroatoms. The monoisotopic (exact) mass is 270 g/mol. The predicted molar refractivity (Wildman–Crippen MR) is 75.6 cm³/mol. The highest BCUT2D eigenvalue weighted by Crippen LogP contribution is 2.19. The number of carbonyl (C=O) groups excluding carboxylic acids is 2. The third-order valence-electron chi connectivity index (χ3n) is 3.86. The van der Waals surface area contributed by atoms with E-state index < -0.39 is 0 Å². The minimum absolute atomic E-state index is 0.00622. The molecule has 0 spiro atoms. The second kappa shape index (κ2) is 5.57. The molecular weight excluding hydrogens is 252 g/mol. The standard InChI is InChI=1S/C16H18N2O2/c19-14-7-8-15-13(10-14)11-18(17-15)16(20)9-6-12-4-2-1-3-5-12/h2,4-5,11H,1,3,6-10H2. The summed E-state index contributed by atoms with van der Waals surface area (Å²) >= 11 is 0. The molecule has 1 heterocycles. The van der Waals surface area contributed by atoms with E-state index in [1.54, 1.807) is 6.20 Å². The number of rotatable bonds is 3. The maximum atomic E-state index is 12.2. The minimum Gasteiger partial charge on any atom is -0.299 e. The van der Waals surface area contributed by atoms with Crippen LogP contribution in [0.5, 0.6) is 0 Å². The van der Waals surface area contributed by atoms with Crippen molar-refractivity contribution in [1.29, 1.82) is 0 Å². The zero-order valence-corrected chi connectivity index (χ0v) is 11.5. The Morgan fingerprint density at radius 2 is 2.20 bits per heavy atom. The number of aryl methyl sites for hydroxylation is 1. The van der Waals surface area contributed by atoms with Crippen LogP contribution in [0.2, 0.25) is 0 Å². The van der Waals surface area contributed by atoms with Gasteiger partial charge in [-0.3, -0.25) is 9.59 Å². The molecule has 0 saturated heterocycles. The molecule has 1 aromatic heterocycles. The molecule has 0 radical (unpaired) electrons. The van der Waals surface area contributed by atoms with E-state index in [-0.39, 0.29) is 11.7 Å². The largest absolute Gasteiger partial charge is 0.299 e. The lowest BCUT2D eigenvalue weighted by Gasteiger charge is -2.06. The number of ketones is 1. The van der Waals surface area contributed by atoms with Crippen molar-refractivity contribution in [2.75, 3.05) is 0 Å². The van der Waals surface area contributed by atoms with Crippen molar-refractivity contribution >= 4 is 11.7 Å². The molecule has 104 valence electrons. The Bertz CT molecular complexity index is 608. The highest BCUT2D eigenvalue weighted by molar-refractivity contribution is 5.84. The Balaban J connectivity index is 1.64. The molecule has 0 amide bonds. The number of hydrogen-bond acceptors (Lipinski definition) is 3. The van der Waals surface area contributed by atoms with Crippen LogP contribution >= 0.6 is 0 Å². The second-order valence-corrected chi connectivity index (χ2v) is 5.41. The summed E-state index contributed by atoms with van der Waals surface area (Å²) in [6.45, 7) is 0. The first-order chi connectivity index (χ1) is 9.72. The topological polar surface area (TPSA) is 52.0 Å². The van der Waals surface area contributed by atoms with Gasteiger partial charge in [-0.1, -0.05) is 23.8 Å². The van der Waals surface area contributed by atoms with Crippen LogP contribution < -0.4 is 0 Å². The van der Waals surface area contributed by atoms with Gasteiger partial charge in [-0.15, -0.1) is 0 Å². The van der Waals surface area contributed by atoms with Gasteiger partial charge in [0, 0.05) is 31.0 Å². The molecule has 2 aliphatic carbocycles. The Kier molecular flexibility index (Phi) is 3.63. The number of fused-ring (bicyclic) bond motifs is 1. The molecule has 0 atom stereocenters. The first-order valence-electron chi connectivity index (χ1n) is 7.20. The molecule has 0 aliphatic heterocycles. The van der Waals surface area contributed by atoms with Crippen molar-refractivity contribution in [3.63, 3.8) is 0 Å². The fourth-order valence-corrected chi connectivity index (χ4v) is 2.71. The van der Waals surface area contributed by atoms with Gasteiger partial charge >= 0.3 is 0 Å². The fraction of sp³-hybridized carbons (Fsp3) is 0.438. The zero-order valence-electron chi connectivity index (χ0n) is 11.5. The summed E-state index contributed by atoms with van der Waals surface area (Å²) in [7, 11) is 0. The normalized spacial score (nSPS) is 17.8. The van der Waals surface area contributed by atoms with Crippen molar-refractivity contribution in [2.45, 2.75) is 44.9 Å². The van der Waals surface area contributed by atoms with Crippen LogP contribution in [0.15, 0.2) is 30.0 Å². The Morgan fingerprint density at radius 1 is 1.30 bits per heavy atom. The summed E-state index contributed by atoms with van der Waals surface area (Å²) in [5, 5.41) is 4.33. The highest BCUT2D eigenvalue weighted by Gasteiger charge is 2.20. The molecule has 3 rings (SSSR count). The van der Waals surface area contributed by atoms with Crippen molar-refractivity contribution in [2.24, 2.45) is 0 Å². The smallest absolute Gasteiger partial charge is 0.247 e. The number of aromatic nitrogens is 2. The van der Waals surface area contributed by atoms with E-state index in [4.69, 9.17) is 0 Å². The van der Waals surface area contributed by atoms with Gasteiger partial charge in [0.2, 0.25) is 5.91 Å². The van der Waals surface area contributed by atoms with Gasteiger partial charge in [-0.05, 0) is 25.7 Å². The maximum absolute atomic E-state index is 12.2. The van der Waals surface area contributed by atoms with Crippen LogP contribution in [0.25, 0.3) is 0 Å². The number of allylic oxidation sites excluding steroid dienone is 4. The number of nitrogens with zero attached hydrogens (tertiary/aromatic N) is 2. The molecule has 2 aliphatic rings. The van der Waals surface area contributed by atoms with Gasteiger partial charge < -0.3 is 0 Å². The average Bonchev–Trinajstić information content (AvgIpc) is 2.89. The number of Topliss-reactive ketones (excluding diaryl/α,β-unsaturated/α-hetero) is 1. The lowest BCUT2D eigenvalue weighted by atomic mass is 9.97. The van der Waals surface area contributed by atoms with Crippen LogP contribution in [0.1, 0.15) is 48.2 Å². The minimum atomic E-state index is 0.00622. The molecule has 0 unspecified atom stereocenters. The van der Waals surface area contributed by atoms with Crippen LogP contribution in [-0.2, 0) is 17.6 Å². The summed E-state index contributed by atoms with van der Waals surface area (Å²) in [5.74, 6) is 0.244. The van der Waals surface area contributed by atoms with E-state index in [0.29, 0.717) is 25.7 Å². The van der Waals surface area contributed by atoms with Crippen molar-refractivity contribution in [1.82, 2.24) is 9.78 Å². The van der Waals surface area contributed by atoms with E-state index in [2.05, 4.69) is 23.3 Å². The lowest BCUT2D eigenvalue weighted by Crippen LogP contribution is -2.12. The quantitative estimate of drug-likeness (QED) is 0.848. The van der Waals surface area contributed by atoms with Gasteiger partial charge in [0.05, 0.1) is 5.69 Å². The molecule has 0 saturated carbocycles. The lowest BCUT2D eigenvalue weighted by molar-refractivity contribution is -0.118. The number of hydrogen-bond donors (Lipinski definition) is 0. The zero-order chi connectivity index (χ0) is 13.9. The van der Waals surface area contributed by atoms with Crippen LogP contribution in [-0.4, -0.2) is 21.5 Å². The molecule has 0 N–H and O–H groups in total. The van der Waals surface area contributed by atoms with E-state index in [0.717, 1.165) is 30.5 Å². The third-order valence-corrected chi connectivity index (χ3v) is 3.86. The number of carbonyl (C=O) groups is 2. The van der Waals surface area contributed by atoms with E-state index >= 15 is 0 Å². The van der Waals surface area contributed by atoms with Crippen molar-refractivity contribution < 1.29 is 9.59 Å². The molecule has 0 fully saturated rings. The van der Waals surface area contributed by atoms with Gasteiger partial charge in [0.1, 0.15) is 5.78 Å². The summed E-state index contributed by atoms with van der Waals surface area (Å²) in [4.78, 5) is 23.6. The summed E-state index contributed by atoms with van der Waals surface area (Å²) in [5.41, 5.74) is 3.07. The molecule has 0 aromatic carbocycles. The van der Waals surface area contributed by atoms with Crippen molar-refractivity contribution in [3.8, 4) is 0 Å². The summed E-state index contributed by atoms with van der Waals surface area (Å²) in [6, 6.07) is 0. The molecule has 1 aromatic rings. The highest BCUT2D eigenvalue weighted by atomic mass is 16.2. The average molecular weight is 270 g/mol. The maximum Gasteiger partial charge on any atom is 0.247 e. The Labute approximate surface area is 118 Å². The van der Waals surface area contributed by atoms with Crippen LogP contribution in [0.4, 0.5) is 0 Å². The SMILES string of the molecule is O=C1CCc2nn(C(=O)CCC3=CCCC=C3)cc2C1. The Morgan fingerprint density at radius 3 is 3.00 bits per heavy atom. The summed E-state index contributed by atoms with van der Waals surface area (Å²) < 4.78 is 1.43. The van der Waals surface area contributed by atoms with Crippen molar-refractivity contribution in [3.05, 3.63) is 41.3 Å². The first-order valence-corrected chi connectivity index (χ1v) is 7.20. The third kappa shape index (κ3) is 2.79. The van der Waals surface area contributed by atoms with Crippen LogP contribution in [0.3, 0.4) is 0 Å². The summed E-state index contributed by atoms with van der Waals surface area (Å²) in [6.07, 6.45) is 13.2.